The van der Waals surface area contributed by atoms with Gasteiger partial charge in [-0.2, -0.15) is 5.26 Å². The Morgan fingerprint density at radius 3 is 2.89 bits per heavy atom. The van der Waals surface area contributed by atoms with Crippen molar-refractivity contribution < 1.29 is 0 Å². The molecule has 3 heteroatoms. The Hall–Kier alpha value is -1.69. The lowest BCUT2D eigenvalue weighted by molar-refractivity contribution is 0.427. The van der Waals surface area contributed by atoms with E-state index in [1.807, 2.05) is 26.0 Å². The van der Waals surface area contributed by atoms with Gasteiger partial charge in [0, 0.05) is 30.0 Å². The number of benzene rings is 1. The van der Waals surface area contributed by atoms with Crippen LogP contribution in [0, 0.1) is 16.7 Å². The highest BCUT2D eigenvalue weighted by molar-refractivity contribution is 5.68. The maximum Gasteiger partial charge on any atom is 0.0683 e. The number of rotatable bonds is 5. The normalized spacial score (nSPS) is 14.3. The zero-order valence-corrected chi connectivity index (χ0v) is 11.9. The van der Waals surface area contributed by atoms with Gasteiger partial charge in [0.1, 0.15) is 0 Å². The van der Waals surface area contributed by atoms with Gasteiger partial charge in [-0.1, -0.05) is 12.5 Å². The van der Waals surface area contributed by atoms with E-state index in [2.05, 4.69) is 17.0 Å². The quantitative estimate of drug-likeness (QED) is 0.650. The summed E-state index contributed by atoms with van der Waals surface area (Å²) in [5, 5.41) is 8.99. The lowest BCUT2D eigenvalue weighted by Crippen LogP contribution is -2.22. The lowest BCUT2D eigenvalue weighted by atomic mass is 9.89. The number of nitrogens with zero attached hydrogens (tertiary/aromatic N) is 2. The fraction of sp³-hybridized carbons (Fsp3) is 0.562. The average molecular weight is 257 g/mol. The van der Waals surface area contributed by atoms with E-state index in [-0.39, 0.29) is 5.41 Å². The molecule has 0 unspecified atom stereocenters. The van der Waals surface area contributed by atoms with Gasteiger partial charge in [-0.25, -0.2) is 0 Å². The summed E-state index contributed by atoms with van der Waals surface area (Å²) in [6, 6.07) is 8.54. The minimum atomic E-state index is -0.187. The second-order valence-corrected chi connectivity index (χ2v) is 6.03. The van der Waals surface area contributed by atoms with Crippen LogP contribution >= 0.6 is 0 Å². The van der Waals surface area contributed by atoms with E-state index in [1.54, 1.807) is 0 Å². The second-order valence-electron chi connectivity index (χ2n) is 6.03. The van der Waals surface area contributed by atoms with Crippen LogP contribution in [0.2, 0.25) is 0 Å². The maximum atomic E-state index is 8.99. The van der Waals surface area contributed by atoms with Gasteiger partial charge in [-0.15, -0.1) is 0 Å². The molecule has 0 atom stereocenters. The largest absolute Gasteiger partial charge is 0.398 e. The van der Waals surface area contributed by atoms with Crippen molar-refractivity contribution in [2.24, 2.45) is 5.41 Å². The van der Waals surface area contributed by atoms with Crippen molar-refractivity contribution in [2.75, 3.05) is 23.7 Å². The molecule has 3 nitrogen and oxygen atoms in total. The number of hydrogen-bond acceptors (Lipinski definition) is 3. The number of nitriles is 1. The van der Waals surface area contributed by atoms with Crippen LogP contribution in [-0.4, -0.2) is 13.1 Å². The predicted octanol–water partition coefficient (Wildman–Crippen LogP) is 3.35. The summed E-state index contributed by atoms with van der Waals surface area (Å²) < 4.78 is 0. The Kier molecular flexibility index (Phi) is 3.99. The Morgan fingerprint density at radius 2 is 2.16 bits per heavy atom. The summed E-state index contributed by atoms with van der Waals surface area (Å²) in [6.45, 7) is 6.17. The van der Waals surface area contributed by atoms with E-state index >= 15 is 0 Å². The van der Waals surface area contributed by atoms with Crippen molar-refractivity contribution in [3.05, 3.63) is 23.8 Å². The lowest BCUT2D eigenvalue weighted by Gasteiger charge is -2.20. The van der Waals surface area contributed by atoms with Crippen LogP contribution in [0.5, 0.6) is 0 Å². The molecule has 0 saturated carbocycles. The Labute approximate surface area is 116 Å². The first-order chi connectivity index (χ1) is 9.03. The number of unbranched alkanes of at least 4 members (excludes halogenated alkanes) is 1. The van der Waals surface area contributed by atoms with Crippen molar-refractivity contribution in [3.63, 3.8) is 0 Å². The third-order valence-electron chi connectivity index (χ3n) is 3.94. The first kappa shape index (κ1) is 13.7. The molecule has 1 aromatic carbocycles. The highest BCUT2D eigenvalue weighted by Gasteiger charge is 2.21. The minimum absolute atomic E-state index is 0.187. The van der Waals surface area contributed by atoms with E-state index < -0.39 is 0 Å². The van der Waals surface area contributed by atoms with Gasteiger partial charge in [-0.05, 0) is 45.2 Å². The smallest absolute Gasteiger partial charge is 0.0683 e. The zero-order chi connectivity index (χ0) is 13.9. The van der Waals surface area contributed by atoms with Crippen LogP contribution in [-0.2, 0) is 6.42 Å². The van der Waals surface area contributed by atoms with E-state index in [9.17, 15) is 0 Å². The molecule has 1 aromatic rings. The average Bonchev–Trinajstić information content (AvgIpc) is 2.80. The molecule has 0 spiro atoms. The number of anilines is 2. The molecule has 1 aliphatic rings. The Balaban J connectivity index is 1.84. The topological polar surface area (TPSA) is 53.0 Å². The molecule has 2 rings (SSSR count). The molecular formula is C16H23N3. The van der Waals surface area contributed by atoms with Crippen LogP contribution in [0.25, 0.3) is 0 Å². The van der Waals surface area contributed by atoms with E-state index in [0.717, 1.165) is 44.5 Å². The molecule has 1 heterocycles. The number of hydrogen-bond donors (Lipinski definition) is 1. The fourth-order valence-corrected chi connectivity index (χ4v) is 2.69. The summed E-state index contributed by atoms with van der Waals surface area (Å²) >= 11 is 0. The monoisotopic (exact) mass is 257 g/mol. The van der Waals surface area contributed by atoms with E-state index in [0.29, 0.717) is 0 Å². The molecule has 1 aliphatic heterocycles. The van der Waals surface area contributed by atoms with Gasteiger partial charge in [0.05, 0.1) is 11.5 Å². The molecule has 0 radical (unpaired) electrons. The van der Waals surface area contributed by atoms with Crippen LogP contribution in [0.15, 0.2) is 18.2 Å². The molecule has 0 amide bonds. The summed E-state index contributed by atoms with van der Waals surface area (Å²) in [4.78, 5) is 2.42. The molecule has 0 aliphatic carbocycles. The summed E-state index contributed by atoms with van der Waals surface area (Å²) in [7, 11) is 0. The van der Waals surface area contributed by atoms with Gasteiger partial charge < -0.3 is 10.6 Å². The highest BCUT2D eigenvalue weighted by Crippen LogP contribution is 2.32. The SMILES string of the molecule is CC(C)(C#N)CCCCN1CCc2c(N)cccc21. The van der Waals surface area contributed by atoms with Crippen molar-refractivity contribution >= 4 is 11.4 Å². The van der Waals surface area contributed by atoms with E-state index in [4.69, 9.17) is 11.0 Å². The molecule has 0 saturated heterocycles. The van der Waals surface area contributed by atoms with Gasteiger partial charge in [-0.3, -0.25) is 0 Å². The molecule has 19 heavy (non-hydrogen) atoms. The second kappa shape index (κ2) is 5.52. The van der Waals surface area contributed by atoms with Gasteiger partial charge in [0.15, 0.2) is 0 Å². The molecule has 0 aromatic heterocycles. The predicted molar refractivity (Wildman–Crippen MR) is 80.0 cm³/mol. The van der Waals surface area contributed by atoms with E-state index in [1.165, 1.54) is 11.3 Å². The highest BCUT2D eigenvalue weighted by atomic mass is 15.1. The number of fused-ring (bicyclic) bond motifs is 1. The van der Waals surface area contributed by atoms with Crippen molar-refractivity contribution in [1.29, 1.82) is 5.26 Å². The summed E-state index contributed by atoms with van der Waals surface area (Å²) in [5.74, 6) is 0. The van der Waals surface area contributed by atoms with Crippen LogP contribution in [0.1, 0.15) is 38.7 Å². The number of nitrogen functional groups attached to an aromatic ring is 1. The van der Waals surface area contributed by atoms with Crippen LogP contribution in [0.3, 0.4) is 0 Å². The first-order valence-corrected chi connectivity index (χ1v) is 7.07. The van der Waals surface area contributed by atoms with Gasteiger partial charge >= 0.3 is 0 Å². The molecule has 0 fully saturated rings. The summed E-state index contributed by atoms with van der Waals surface area (Å²) in [6.07, 6.45) is 4.28. The van der Waals surface area contributed by atoms with Crippen LogP contribution in [0.4, 0.5) is 11.4 Å². The summed E-state index contributed by atoms with van der Waals surface area (Å²) in [5.41, 5.74) is 9.35. The van der Waals surface area contributed by atoms with Gasteiger partial charge in [0.2, 0.25) is 0 Å². The van der Waals surface area contributed by atoms with Crippen LogP contribution < -0.4 is 10.6 Å². The molecule has 102 valence electrons. The van der Waals surface area contributed by atoms with Gasteiger partial charge in [0.25, 0.3) is 0 Å². The third kappa shape index (κ3) is 3.20. The minimum Gasteiger partial charge on any atom is -0.398 e. The van der Waals surface area contributed by atoms with Crippen molar-refractivity contribution in [3.8, 4) is 6.07 Å². The number of nitrogens with two attached hydrogens (primary N) is 1. The Morgan fingerprint density at radius 1 is 1.37 bits per heavy atom. The first-order valence-electron chi connectivity index (χ1n) is 7.07. The fourth-order valence-electron chi connectivity index (χ4n) is 2.69. The van der Waals surface area contributed by atoms with Crippen molar-refractivity contribution in [1.82, 2.24) is 0 Å². The molecule has 0 bridgehead atoms. The zero-order valence-electron chi connectivity index (χ0n) is 11.9. The standard InChI is InChI=1S/C16H23N3/c1-16(2,12-17)9-3-4-10-19-11-8-13-14(18)6-5-7-15(13)19/h5-7H,3-4,8-11,18H2,1-2H3. The molecular weight excluding hydrogens is 234 g/mol. The Bertz CT molecular complexity index is 485. The maximum absolute atomic E-state index is 8.99. The molecule has 2 N–H and O–H groups in total. The third-order valence-corrected chi connectivity index (χ3v) is 3.94. The van der Waals surface area contributed by atoms with Crippen molar-refractivity contribution in [2.45, 2.75) is 39.5 Å².